The predicted octanol–water partition coefficient (Wildman–Crippen LogP) is 3.02. The summed E-state index contributed by atoms with van der Waals surface area (Å²) in [5.41, 5.74) is 1.56. The lowest BCUT2D eigenvalue weighted by molar-refractivity contribution is 0.133. The molecule has 0 aromatic heterocycles. The summed E-state index contributed by atoms with van der Waals surface area (Å²) < 4.78 is 5.61. The maximum atomic E-state index is 5.61. The van der Waals surface area contributed by atoms with Gasteiger partial charge in [-0.05, 0) is 45.7 Å². The summed E-state index contributed by atoms with van der Waals surface area (Å²) in [6.07, 6.45) is 2.08. The molecule has 0 aliphatic rings. The summed E-state index contributed by atoms with van der Waals surface area (Å²) >= 11 is 0. The third-order valence-electron chi connectivity index (χ3n) is 2.50. The molecule has 96 valence electrons. The molecule has 1 rings (SSSR count). The SMILES string of the molecule is CC(C)(C)NCCCOCCc1ccccc1. The van der Waals surface area contributed by atoms with Crippen LogP contribution in [0.2, 0.25) is 0 Å². The molecule has 0 saturated heterocycles. The minimum atomic E-state index is 0.212. The van der Waals surface area contributed by atoms with E-state index in [1.807, 2.05) is 6.07 Å². The summed E-state index contributed by atoms with van der Waals surface area (Å²) in [4.78, 5) is 0. The number of benzene rings is 1. The molecule has 0 atom stereocenters. The van der Waals surface area contributed by atoms with Gasteiger partial charge < -0.3 is 10.1 Å². The second kappa shape index (κ2) is 7.46. The van der Waals surface area contributed by atoms with Gasteiger partial charge in [0.1, 0.15) is 0 Å². The molecule has 0 spiro atoms. The van der Waals surface area contributed by atoms with E-state index in [0.717, 1.165) is 32.6 Å². The second-order valence-corrected chi connectivity index (χ2v) is 5.38. The van der Waals surface area contributed by atoms with Crippen LogP contribution in [0.5, 0.6) is 0 Å². The van der Waals surface area contributed by atoms with E-state index in [9.17, 15) is 0 Å². The van der Waals surface area contributed by atoms with Gasteiger partial charge in [0.15, 0.2) is 0 Å². The minimum absolute atomic E-state index is 0.212. The van der Waals surface area contributed by atoms with Crippen LogP contribution in [-0.2, 0) is 11.2 Å². The van der Waals surface area contributed by atoms with Gasteiger partial charge in [0.2, 0.25) is 0 Å². The van der Waals surface area contributed by atoms with Crippen LogP contribution >= 0.6 is 0 Å². The van der Waals surface area contributed by atoms with Crippen LogP contribution < -0.4 is 5.32 Å². The van der Waals surface area contributed by atoms with Gasteiger partial charge in [0.25, 0.3) is 0 Å². The number of hydrogen-bond donors (Lipinski definition) is 1. The van der Waals surface area contributed by atoms with Crippen molar-refractivity contribution < 1.29 is 4.74 Å². The zero-order valence-corrected chi connectivity index (χ0v) is 11.3. The quantitative estimate of drug-likeness (QED) is 0.734. The highest BCUT2D eigenvalue weighted by atomic mass is 16.5. The van der Waals surface area contributed by atoms with Crippen LogP contribution in [0.3, 0.4) is 0 Å². The zero-order valence-electron chi connectivity index (χ0n) is 11.3. The Morgan fingerprint density at radius 3 is 2.41 bits per heavy atom. The molecule has 0 fully saturated rings. The van der Waals surface area contributed by atoms with E-state index in [1.54, 1.807) is 0 Å². The van der Waals surface area contributed by atoms with Crippen molar-refractivity contribution in [2.75, 3.05) is 19.8 Å². The molecule has 0 aliphatic heterocycles. The molecule has 2 heteroatoms. The molecule has 2 nitrogen and oxygen atoms in total. The molecular formula is C15H25NO. The van der Waals surface area contributed by atoms with E-state index in [0.29, 0.717) is 0 Å². The van der Waals surface area contributed by atoms with E-state index >= 15 is 0 Å². The normalized spacial score (nSPS) is 11.7. The molecule has 0 heterocycles. The van der Waals surface area contributed by atoms with Crippen molar-refractivity contribution in [3.8, 4) is 0 Å². The first kappa shape index (κ1) is 14.2. The fourth-order valence-corrected chi connectivity index (χ4v) is 1.57. The van der Waals surface area contributed by atoms with Crippen molar-refractivity contribution in [1.29, 1.82) is 0 Å². The van der Waals surface area contributed by atoms with Crippen LogP contribution in [-0.4, -0.2) is 25.3 Å². The highest BCUT2D eigenvalue weighted by Gasteiger charge is 2.06. The summed E-state index contributed by atoms with van der Waals surface area (Å²) in [7, 11) is 0. The average Bonchev–Trinajstić information content (AvgIpc) is 2.28. The van der Waals surface area contributed by atoms with E-state index < -0.39 is 0 Å². The van der Waals surface area contributed by atoms with Crippen molar-refractivity contribution in [1.82, 2.24) is 5.32 Å². The molecule has 1 aromatic rings. The van der Waals surface area contributed by atoms with E-state index in [-0.39, 0.29) is 5.54 Å². The second-order valence-electron chi connectivity index (χ2n) is 5.38. The standard InChI is InChI=1S/C15H25NO/c1-15(2,3)16-11-7-12-17-13-10-14-8-5-4-6-9-14/h4-6,8-9,16H,7,10-13H2,1-3H3. The van der Waals surface area contributed by atoms with Crippen molar-refractivity contribution in [3.63, 3.8) is 0 Å². The first-order valence-electron chi connectivity index (χ1n) is 6.45. The van der Waals surface area contributed by atoms with Gasteiger partial charge in [-0.25, -0.2) is 0 Å². The summed E-state index contributed by atoms with van der Waals surface area (Å²) in [6, 6.07) is 10.5. The van der Waals surface area contributed by atoms with Crippen molar-refractivity contribution in [3.05, 3.63) is 35.9 Å². The van der Waals surface area contributed by atoms with Crippen molar-refractivity contribution in [2.45, 2.75) is 39.2 Å². The van der Waals surface area contributed by atoms with Gasteiger partial charge in [-0.2, -0.15) is 0 Å². The summed E-state index contributed by atoms with van der Waals surface area (Å²) in [5.74, 6) is 0. The van der Waals surface area contributed by atoms with Crippen molar-refractivity contribution >= 4 is 0 Å². The topological polar surface area (TPSA) is 21.3 Å². The van der Waals surface area contributed by atoms with Gasteiger partial charge in [-0.15, -0.1) is 0 Å². The third kappa shape index (κ3) is 7.94. The smallest absolute Gasteiger partial charge is 0.0506 e. The van der Waals surface area contributed by atoms with Gasteiger partial charge in [-0.1, -0.05) is 30.3 Å². The zero-order chi connectivity index (χ0) is 12.6. The molecule has 0 saturated carbocycles. The minimum Gasteiger partial charge on any atom is -0.381 e. The van der Waals surface area contributed by atoms with Crippen LogP contribution in [0.1, 0.15) is 32.8 Å². The lowest BCUT2D eigenvalue weighted by atomic mass is 10.1. The lowest BCUT2D eigenvalue weighted by Crippen LogP contribution is -2.36. The van der Waals surface area contributed by atoms with Crippen LogP contribution in [0.15, 0.2) is 30.3 Å². The Labute approximate surface area is 105 Å². The molecule has 0 bridgehead atoms. The van der Waals surface area contributed by atoms with Crippen LogP contribution in [0, 0.1) is 0 Å². The largest absolute Gasteiger partial charge is 0.381 e. The Kier molecular flexibility index (Phi) is 6.23. The Hall–Kier alpha value is -0.860. The monoisotopic (exact) mass is 235 g/mol. The Bertz CT molecular complexity index is 290. The predicted molar refractivity (Wildman–Crippen MR) is 73.3 cm³/mol. The van der Waals surface area contributed by atoms with E-state index in [4.69, 9.17) is 4.74 Å². The molecule has 0 unspecified atom stereocenters. The molecule has 0 aliphatic carbocycles. The average molecular weight is 235 g/mol. The number of hydrogen-bond acceptors (Lipinski definition) is 2. The van der Waals surface area contributed by atoms with Crippen LogP contribution in [0.25, 0.3) is 0 Å². The maximum Gasteiger partial charge on any atom is 0.0506 e. The Morgan fingerprint density at radius 2 is 1.76 bits per heavy atom. The first-order chi connectivity index (χ1) is 8.08. The molecule has 0 radical (unpaired) electrons. The Balaban J connectivity index is 1.95. The maximum absolute atomic E-state index is 5.61. The molecule has 0 amide bonds. The number of rotatable bonds is 7. The summed E-state index contributed by atoms with van der Waals surface area (Å²) in [5, 5.41) is 3.45. The molecular weight excluding hydrogens is 210 g/mol. The lowest BCUT2D eigenvalue weighted by Gasteiger charge is -2.20. The van der Waals surface area contributed by atoms with Crippen molar-refractivity contribution in [2.24, 2.45) is 0 Å². The fraction of sp³-hybridized carbons (Fsp3) is 0.600. The number of nitrogens with one attached hydrogen (secondary N) is 1. The highest BCUT2D eigenvalue weighted by molar-refractivity contribution is 5.14. The fourth-order valence-electron chi connectivity index (χ4n) is 1.57. The third-order valence-corrected chi connectivity index (χ3v) is 2.50. The summed E-state index contributed by atoms with van der Waals surface area (Å²) in [6.45, 7) is 9.24. The van der Waals surface area contributed by atoms with Gasteiger partial charge >= 0.3 is 0 Å². The van der Waals surface area contributed by atoms with Gasteiger partial charge in [-0.3, -0.25) is 0 Å². The molecule has 1 aromatic carbocycles. The molecule has 1 N–H and O–H groups in total. The van der Waals surface area contributed by atoms with Crippen LogP contribution in [0.4, 0.5) is 0 Å². The first-order valence-corrected chi connectivity index (χ1v) is 6.45. The van der Waals surface area contributed by atoms with Gasteiger partial charge in [0.05, 0.1) is 6.61 Å². The van der Waals surface area contributed by atoms with E-state index in [1.165, 1.54) is 5.56 Å². The van der Waals surface area contributed by atoms with E-state index in [2.05, 4.69) is 50.4 Å². The molecule has 17 heavy (non-hydrogen) atoms. The Morgan fingerprint density at radius 1 is 1.06 bits per heavy atom. The highest BCUT2D eigenvalue weighted by Crippen LogP contribution is 2.00. The number of ether oxygens (including phenoxy) is 1. The van der Waals surface area contributed by atoms with Gasteiger partial charge in [0, 0.05) is 12.1 Å².